The number of ether oxygens (including phenoxy) is 1. The van der Waals surface area contributed by atoms with Gasteiger partial charge in [0.25, 0.3) is 5.91 Å². The average molecular weight is 350 g/mol. The van der Waals surface area contributed by atoms with E-state index in [1.54, 1.807) is 30.3 Å². The molecule has 0 unspecified atom stereocenters. The molecule has 1 N–H and O–H groups in total. The molecule has 24 heavy (non-hydrogen) atoms. The lowest BCUT2D eigenvalue weighted by Gasteiger charge is -2.11. The normalized spacial score (nSPS) is 16.1. The third-order valence-corrected chi connectivity index (χ3v) is 3.60. The second-order valence-electron chi connectivity index (χ2n) is 4.91. The summed E-state index contributed by atoms with van der Waals surface area (Å²) < 4.78 is 33.7. The van der Waals surface area contributed by atoms with Crippen LogP contribution in [0.15, 0.2) is 52.8 Å². The lowest BCUT2D eigenvalue weighted by Crippen LogP contribution is -2.29. The zero-order chi connectivity index (χ0) is 17.1. The number of alkyl halides is 2. The third-order valence-electron chi connectivity index (χ3n) is 3.27. The van der Waals surface area contributed by atoms with Gasteiger partial charge >= 0.3 is 6.61 Å². The third kappa shape index (κ3) is 3.60. The number of hydrogen-bond donors (Lipinski definition) is 1. The molecule has 1 aromatic heterocycles. The quantitative estimate of drug-likeness (QED) is 0.663. The number of carbonyl (C=O) groups is 1. The molecule has 0 radical (unpaired) electrons. The highest BCUT2D eigenvalue weighted by molar-refractivity contribution is 7.80. The zero-order valence-electron chi connectivity index (χ0n) is 12.2. The Hall–Kier alpha value is -2.74. The van der Waals surface area contributed by atoms with Gasteiger partial charge in [-0.3, -0.25) is 9.69 Å². The molecule has 0 aliphatic carbocycles. The van der Waals surface area contributed by atoms with Crippen molar-refractivity contribution in [3.63, 3.8) is 0 Å². The Morgan fingerprint density at radius 2 is 2.04 bits per heavy atom. The van der Waals surface area contributed by atoms with Crippen LogP contribution >= 0.6 is 12.2 Å². The summed E-state index contributed by atoms with van der Waals surface area (Å²) in [7, 11) is 0. The summed E-state index contributed by atoms with van der Waals surface area (Å²) >= 11 is 5.16. The van der Waals surface area contributed by atoms with Crippen molar-refractivity contribution in [1.82, 2.24) is 10.2 Å². The van der Waals surface area contributed by atoms with Crippen molar-refractivity contribution in [2.45, 2.75) is 13.2 Å². The summed E-state index contributed by atoms with van der Waals surface area (Å²) in [6, 6.07) is 9.41. The van der Waals surface area contributed by atoms with E-state index in [1.165, 1.54) is 23.3 Å². The molecule has 3 rings (SSSR count). The van der Waals surface area contributed by atoms with E-state index in [0.717, 1.165) is 0 Å². The Bertz CT molecular complexity index is 773. The van der Waals surface area contributed by atoms with E-state index in [2.05, 4.69) is 10.1 Å². The van der Waals surface area contributed by atoms with Crippen LogP contribution in [-0.2, 0) is 11.3 Å². The molecule has 8 heteroatoms. The molecule has 1 aliphatic rings. The second kappa shape index (κ2) is 6.79. The van der Waals surface area contributed by atoms with Gasteiger partial charge in [0.05, 0.1) is 12.8 Å². The molecular formula is C16H12F2N2O3S. The fourth-order valence-electron chi connectivity index (χ4n) is 2.19. The Morgan fingerprint density at radius 3 is 2.67 bits per heavy atom. The van der Waals surface area contributed by atoms with Gasteiger partial charge in [0.15, 0.2) is 5.11 Å². The lowest BCUT2D eigenvalue weighted by atomic mass is 10.2. The average Bonchev–Trinajstić information content (AvgIpc) is 3.13. The van der Waals surface area contributed by atoms with Crippen LogP contribution in [0.25, 0.3) is 6.08 Å². The summed E-state index contributed by atoms with van der Waals surface area (Å²) in [5.74, 6) is 0.374. The maximum absolute atomic E-state index is 12.4. The first kappa shape index (κ1) is 16.1. The molecule has 0 saturated carbocycles. The predicted molar refractivity (Wildman–Crippen MR) is 86.0 cm³/mol. The van der Waals surface area contributed by atoms with Crippen molar-refractivity contribution in [2.24, 2.45) is 0 Å². The molecule has 1 saturated heterocycles. The van der Waals surface area contributed by atoms with Crippen molar-refractivity contribution < 1.29 is 22.7 Å². The molecule has 124 valence electrons. The first-order valence-electron chi connectivity index (χ1n) is 6.95. The number of rotatable bonds is 5. The van der Waals surface area contributed by atoms with Crippen molar-refractivity contribution in [3.8, 4) is 5.75 Å². The van der Waals surface area contributed by atoms with Crippen molar-refractivity contribution in [3.05, 3.63) is 59.7 Å². The summed E-state index contributed by atoms with van der Waals surface area (Å²) in [6.45, 7) is -2.64. The molecule has 0 spiro atoms. The van der Waals surface area contributed by atoms with Crippen LogP contribution in [0.4, 0.5) is 8.78 Å². The Labute approximate surface area is 141 Å². The van der Waals surface area contributed by atoms with E-state index in [9.17, 15) is 13.6 Å². The lowest BCUT2D eigenvalue weighted by molar-refractivity contribution is -0.122. The van der Waals surface area contributed by atoms with Crippen LogP contribution in [0.2, 0.25) is 0 Å². The fraction of sp³-hybridized carbons (Fsp3) is 0.125. The van der Waals surface area contributed by atoms with Crippen LogP contribution in [0.1, 0.15) is 11.3 Å². The summed E-state index contributed by atoms with van der Waals surface area (Å²) in [6.07, 6.45) is 3.11. The Kier molecular flexibility index (Phi) is 4.57. The highest BCUT2D eigenvalue weighted by Crippen LogP contribution is 2.20. The number of amides is 1. The summed E-state index contributed by atoms with van der Waals surface area (Å²) in [5, 5.41) is 3.12. The van der Waals surface area contributed by atoms with E-state index in [1.807, 2.05) is 0 Å². The first-order valence-corrected chi connectivity index (χ1v) is 7.35. The van der Waals surface area contributed by atoms with Gasteiger partial charge in [0.2, 0.25) is 0 Å². The molecule has 1 fully saturated rings. The molecule has 5 nitrogen and oxygen atoms in total. The smallest absolute Gasteiger partial charge is 0.387 e. The minimum atomic E-state index is -2.88. The van der Waals surface area contributed by atoms with E-state index in [4.69, 9.17) is 16.6 Å². The summed E-state index contributed by atoms with van der Waals surface area (Å²) in [4.78, 5) is 13.8. The molecule has 1 aliphatic heterocycles. The highest BCUT2D eigenvalue weighted by atomic mass is 32.1. The van der Waals surface area contributed by atoms with Gasteiger partial charge in [0.1, 0.15) is 17.2 Å². The minimum absolute atomic E-state index is 0.0489. The monoisotopic (exact) mass is 350 g/mol. The highest BCUT2D eigenvalue weighted by Gasteiger charge is 2.31. The van der Waals surface area contributed by atoms with Gasteiger partial charge in [-0.05, 0) is 48.1 Å². The molecule has 2 aromatic rings. The molecule has 1 aromatic carbocycles. The number of carbonyl (C=O) groups excluding carboxylic acids is 1. The van der Waals surface area contributed by atoms with Crippen LogP contribution in [0.5, 0.6) is 5.75 Å². The van der Waals surface area contributed by atoms with Gasteiger partial charge in [-0.1, -0.05) is 12.1 Å². The van der Waals surface area contributed by atoms with E-state index >= 15 is 0 Å². The largest absolute Gasteiger partial charge is 0.467 e. The number of thiocarbonyl (C=S) groups is 1. The number of hydrogen-bond acceptors (Lipinski definition) is 4. The molecule has 2 heterocycles. The minimum Gasteiger partial charge on any atom is -0.467 e. The Morgan fingerprint density at radius 1 is 1.29 bits per heavy atom. The van der Waals surface area contributed by atoms with E-state index in [0.29, 0.717) is 17.0 Å². The van der Waals surface area contributed by atoms with Crippen LogP contribution in [-0.4, -0.2) is 22.5 Å². The topological polar surface area (TPSA) is 54.7 Å². The van der Waals surface area contributed by atoms with Crippen molar-refractivity contribution in [1.29, 1.82) is 0 Å². The number of furan rings is 1. The number of nitrogens with zero attached hydrogens (tertiary/aromatic N) is 1. The maximum atomic E-state index is 12.4. The van der Waals surface area contributed by atoms with Crippen molar-refractivity contribution >= 4 is 29.3 Å². The zero-order valence-corrected chi connectivity index (χ0v) is 13.1. The number of benzene rings is 1. The second-order valence-corrected chi connectivity index (χ2v) is 5.29. The molecule has 1 amide bonds. The number of nitrogens with one attached hydrogen (secondary N) is 1. The van der Waals surface area contributed by atoms with Crippen LogP contribution < -0.4 is 10.1 Å². The molecular weight excluding hydrogens is 338 g/mol. The van der Waals surface area contributed by atoms with E-state index in [-0.39, 0.29) is 23.3 Å². The molecule has 0 atom stereocenters. The fourth-order valence-corrected chi connectivity index (χ4v) is 2.44. The first-order chi connectivity index (χ1) is 11.5. The Balaban J connectivity index is 1.73. The van der Waals surface area contributed by atoms with Crippen LogP contribution in [0, 0.1) is 0 Å². The summed E-state index contributed by atoms with van der Waals surface area (Å²) in [5.41, 5.74) is 0.948. The maximum Gasteiger partial charge on any atom is 0.387 e. The van der Waals surface area contributed by atoms with E-state index < -0.39 is 6.61 Å². The van der Waals surface area contributed by atoms with Gasteiger partial charge < -0.3 is 14.5 Å². The SMILES string of the molecule is O=C1/C(=C/c2ccc(OC(F)F)cc2)NC(=S)N1Cc1ccco1. The van der Waals surface area contributed by atoms with Crippen LogP contribution in [0.3, 0.4) is 0 Å². The van der Waals surface area contributed by atoms with Gasteiger partial charge in [0, 0.05) is 0 Å². The number of halogens is 2. The van der Waals surface area contributed by atoms with Crippen molar-refractivity contribution in [2.75, 3.05) is 0 Å². The standard InChI is InChI=1S/C16H12F2N2O3S/c17-15(18)23-11-5-3-10(4-6-11)8-13-14(21)20(16(24)19-13)9-12-2-1-7-22-12/h1-8,15H,9H2,(H,19,24)/b13-8-. The van der Waals surface area contributed by atoms with Gasteiger partial charge in [-0.25, -0.2) is 0 Å². The predicted octanol–water partition coefficient (Wildman–Crippen LogP) is 3.14. The molecule has 0 bridgehead atoms. The van der Waals surface area contributed by atoms with Gasteiger partial charge in [-0.2, -0.15) is 8.78 Å². The van der Waals surface area contributed by atoms with Gasteiger partial charge in [-0.15, -0.1) is 0 Å².